The van der Waals surface area contributed by atoms with Gasteiger partial charge in [-0.15, -0.1) is 0 Å². The lowest BCUT2D eigenvalue weighted by Crippen LogP contribution is -2.32. The lowest BCUT2D eigenvalue weighted by Gasteiger charge is -2.11. The predicted molar refractivity (Wildman–Crippen MR) is 137 cm³/mol. The third-order valence-corrected chi connectivity index (χ3v) is 5.38. The Balaban J connectivity index is 1.58. The van der Waals surface area contributed by atoms with E-state index in [-0.39, 0.29) is 12.5 Å². The number of hydrazone groups is 1. The summed E-state index contributed by atoms with van der Waals surface area (Å²) in [4.78, 5) is 36.4. The summed E-state index contributed by atoms with van der Waals surface area (Å²) >= 11 is 12.0. The van der Waals surface area contributed by atoms with Gasteiger partial charge in [-0.1, -0.05) is 41.4 Å². The number of halogens is 2. The Hall–Kier alpha value is -3.88. The minimum atomic E-state index is -1.00. The second kappa shape index (κ2) is 12.0. The average molecular weight is 513 g/mol. The lowest BCUT2D eigenvalue weighted by atomic mass is 10.1. The molecule has 35 heavy (non-hydrogen) atoms. The van der Waals surface area contributed by atoms with Crippen molar-refractivity contribution >= 4 is 58.5 Å². The average Bonchev–Trinajstić information content (AvgIpc) is 2.82. The molecular weight excluding hydrogens is 491 g/mol. The Morgan fingerprint density at radius 1 is 0.914 bits per heavy atom. The van der Waals surface area contributed by atoms with Crippen molar-refractivity contribution in [2.75, 3.05) is 17.2 Å². The first kappa shape index (κ1) is 25.7. The number of aryl methyl sites for hydroxylation is 2. The Morgan fingerprint density at radius 3 is 2.43 bits per heavy atom. The molecule has 0 aliphatic heterocycles. The van der Waals surface area contributed by atoms with E-state index >= 15 is 0 Å². The summed E-state index contributed by atoms with van der Waals surface area (Å²) in [6.45, 7) is 3.68. The molecule has 10 heteroatoms. The molecule has 0 aromatic heterocycles. The molecule has 3 rings (SSSR count). The van der Waals surface area contributed by atoms with Crippen molar-refractivity contribution in [1.82, 2.24) is 5.43 Å². The molecule has 0 fully saturated rings. The molecule has 3 aromatic carbocycles. The van der Waals surface area contributed by atoms with Crippen LogP contribution in [0.15, 0.2) is 65.8 Å². The lowest BCUT2D eigenvalue weighted by molar-refractivity contribution is -0.136. The van der Waals surface area contributed by atoms with Crippen LogP contribution in [0, 0.1) is 13.8 Å². The molecule has 0 spiro atoms. The normalized spacial score (nSPS) is 10.6. The number of ether oxygens (including phenoxy) is 1. The Kier molecular flexibility index (Phi) is 8.83. The van der Waals surface area contributed by atoms with E-state index in [2.05, 4.69) is 21.2 Å². The minimum absolute atomic E-state index is 0.262. The van der Waals surface area contributed by atoms with Gasteiger partial charge in [0.1, 0.15) is 5.75 Å². The number of hydrogen-bond donors (Lipinski definition) is 3. The van der Waals surface area contributed by atoms with E-state index in [0.717, 1.165) is 11.1 Å². The Morgan fingerprint density at radius 2 is 1.69 bits per heavy atom. The van der Waals surface area contributed by atoms with Gasteiger partial charge in [0.25, 0.3) is 5.91 Å². The highest BCUT2D eigenvalue weighted by molar-refractivity contribution is 6.41. The first-order valence-corrected chi connectivity index (χ1v) is 11.2. The van der Waals surface area contributed by atoms with Crippen LogP contribution in [-0.4, -0.2) is 30.5 Å². The molecule has 0 heterocycles. The molecule has 0 saturated carbocycles. The number of nitrogens with one attached hydrogen (secondary N) is 3. The first-order chi connectivity index (χ1) is 16.7. The van der Waals surface area contributed by atoms with E-state index in [9.17, 15) is 14.4 Å². The summed E-state index contributed by atoms with van der Waals surface area (Å²) in [5, 5.41) is 9.63. The monoisotopic (exact) mass is 512 g/mol. The number of nitrogens with zero attached hydrogens (tertiary/aromatic N) is 1. The van der Waals surface area contributed by atoms with Crippen molar-refractivity contribution in [2.24, 2.45) is 5.10 Å². The van der Waals surface area contributed by atoms with Crippen LogP contribution < -0.4 is 20.8 Å². The van der Waals surface area contributed by atoms with Gasteiger partial charge in [-0.3, -0.25) is 14.4 Å². The summed E-state index contributed by atoms with van der Waals surface area (Å²) in [7, 11) is 0. The molecule has 3 amide bonds. The number of carbonyl (C=O) groups excluding carboxylic acids is 3. The summed E-state index contributed by atoms with van der Waals surface area (Å²) in [6, 6.07) is 16.8. The predicted octanol–water partition coefficient (Wildman–Crippen LogP) is 4.72. The molecule has 0 bridgehead atoms. The van der Waals surface area contributed by atoms with Gasteiger partial charge >= 0.3 is 11.8 Å². The molecule has 0 aliphatic rings. The number of carbonyl (C=O) groups is 3. The van der Waals surface area contributed by atoms with Gasteiger partial charge < -0.3 is 15.4 Å². The van der Waals surface area contributed by atoms with Crippen molar-refractivity contribution in [1.29, 1.82) is 0 Å². The fraction of sp³-hybridized carbons (Fsp3) is 0.120. The number of benzene rings is 3. The molecule has 8 nitrogen and oxygen atoms in total. The van der Waals surface area contributed by atoms with Crippen LogP contribution in [0.4, 0.5) is 11.4 Å². The van der Waals surface area contributed by atoms with Crippen LogP contribution in [0.2, 0.25) is 10.0 Å². The van der Waals surface area contributed by atoms with E-state index in [1.807, 2.05) is 32.0 Å². The SMILES string of the molecule is Cc1ccc(NC(=O)COc2ccc(Cl)cc2/C=N\NC(=O)C(=O)Nc2ccccc2Cl)cc1C. The van der Waals surface area contributed by atoms with Crippen LogP contribution in [0.25, 0.3) is 0 Å². The van der Waals surface area contributed by atoms with Crippen LogP contribution >= 0.6 is 23.2 Å². The third kappa shape index (κ3) is 7.56. The van der Waals surface area contributed by atoms with Crippen LogP contribution in [-0.2, 0) is 14.4 Å². The van der Waals surface area contributed by atoms with Gasteiger partial charge in [0.2, 0.25) is 0 Å². The van der Waals surface area contributed by atoms with Gasteiger partial charge in [0.05, 0.1) is 16.9 Å². The largest absolute Gasteiger partial charge is 0.483 e. The van der Waals surface area contributed by atoms with E-state index in [1.54, 1.807) is 36.4 Å². The molecule has 0 saturated heterocycles. The van der Waals surface area contributed by atoms with Gasteiger partial charge in [-0.05, 0) is 67.4 Å². The number of hydrogen-bond acceptors (Lipinski definition) is 5. The van der Waals surface area contributed by atoms with E-state index in [4.69, 9.17) is 27.9 Å². The van der Waals surface area contributed by atoms with Crippen molar-refractivity contribution < 1.29 is 19.1 Å². The molecule has 3 N–H and O–H groups in total. The van der Waals surface area contributed by atoms with Gasteiger partial charge in [-0.2, -0.15) is 5.10 Å². The molecule has 0 radical (unpaired) electrons. The summed E-state index contributed by atoms with van der Waals surface area (Å²) in [6.07, 6.45) is 1.25. The van der Waals surface area contributed by atoms with Crippen molar-refractivity contribution in [3.8, 4) is 5.75 Å². The highest BCUT2D eigenvalue weighted by Crippen LogP contribution is 2.22. The van der Waals surface area contributed by atoms with Crippen LogP contribution in [0.5, 0.6) is 5.75 Å². The number of amides is 3. The smallest absolute Gasteiger partial charge is 0.329 e. The first-order valence-electron chi connectivity index (χ1n) is 10.4. The Bertz CT molecular complexity index is 1290. The maximum absolute atomic E-state index is 12.3. The van der Waals surface area contributed by atoms with E-state index in [1.165, 1.54) is 12.3 Å². The zero-order valence-electron chi connectivity index (χ0n) is 18.9. The summed E-state index contributed by atoms with van der Waals surface area (Å²) in [5.74, 6) is -1.99. The van der Waals surface area contributed by atoms with E-state index in [0.29, 0.717) is 32.7 Å². The van der Waals surface area contributed by atoms with Crippen LogP contribution in [0.1, 0.15) is 16.7 Å². The minimum Gasteiger partial charge on any atom is -0.483 e. The highest BCUT2D eigenvalue weighted by atomic mass is 35.5. The van der Waals surface area contributed by atoms with Gasteiger partial charge in [0, 0.05) is 16.3 Å². The zero-order valence-corrected chi connectivity index (χ0v) is 20.4. The fourth-order valence-electron chi connectivity index (χ4n) is 2.86. The maximum atomic E-state index is 12.3. The summed E-state index contributed by atoms with van der Waals surface area (Å²) in [5.41, 5.74) is 5.65. The summed E-state index contributed by atoms with van der Waals surface area (Å²) < 4.78 is 5.61. The van der Waals surface area contributed by atoms with Crippen molar-refractivity contribution in [3.63, 3.8) is 0 Å². The van der Waals surface area contributed by atoms with Gasteiger partial charge in [0.15, 0.2) is 6.61 Å². The second-order valence-corrected chi connectivity index (χ2v) is 8.29. The molecular formula is C25H22Cl2N4O4. The zero-order chi connectivity index (χ0) is 25.4. The second-order valence-electron chi connectivity index (χ2n) is 7.45. The highest BCUT2D eigenvalue weighted by Gasteiger charge is 2.14. The molecule has 180 valence electrons. The number of para-hydroxylation sites is 1. The fourth-order valence-corrected chi connectivity index (χ4v) is 3.23. The molecule has 0 unspecified atom stereocenters. The topological polar surface area (TPSA) is 109 Å². The van der Waals surface area contributed by atoms with Crippen molar-refractivity contribution in [3.05, 3.63) is 87.4 Å². The molecule has 0 aliphatic carbocycles. The number of anilines is 2. The third-order valence-electron chi connectivity index (χ3n) is 4.82. The maximum Gasteiger partial charge on any atom is 0.329 e. The standard InChI is InChI=1S/C25H22Cl2N4O4/c1-15-7-9-19(11-16(15)2)29-23(32)14-35-22-10-8-18(26)12-17(22)13-28-31-25(34)24(33)30-21-6-4-3-5-20(21)27/h3-13H,14H2,1-2H3,(H,29,32)(H,30,33)(H,31,34)/b28-13-. The van der Waals surface area contributed by atoms with Gasteiger partial charge in [-0.25, -0.2) is 5.43 Å². The quantitative estimate of drug-likeness (QED) is 0.241. The molecule has 0 atom stereocenters. The van der Waals surface area contributed by atoms with Crippen LogP contribution in [0.3, 0.4) is 0 Å². The van der Waals surface area contributed by atoms with Crippen molar-refractivity contribution in [2.45, 2.75) is 13.8 Å². The number of rotatable bonds is 7. The Labute approximate surface area is 212 Å². The van der Waals surface area contributed by atoms with E-state index < -0.39 is 11.8 Å². The molecule has 3 aromatic rings.